The molecule has 0 saturated heterocycles. The first kappa shape index (κ1) is 25.0. The van der Waals surface area contributed by atoms with Crippen LogP contribution in [0, 0.1) is 0 Å². The lowest BCUT2D eigenvalue weighted by atomic mass is 9.94. The molecule has 0 bridgehead atoms. The molecule has 0 radical (unpaired) electrons. The van der Waals surface area contributed by atoms with Crippen molar-refractivity contribution in [3.05, 3.63) is 90.0 Å². The van der Waals surface area contributed by atoms with Crippen LogP contribution in [0.2, 0.25) is 0 Å². The largest absolute Gasteiger partial charge is 0.486 e. The molecule has 0 spiro atoms. The fourth-order valence-electron chi connectivity index (χ4n) is 5.46. The zero-order valence-electron chi connectivity index (χ0n) is 21.7. The Kier molecular flexibility index (Phi) is 7.17. The van der Waals surface area contributed by atoms with Crippen LogP contribution in [0.3, 0.4) is 0 Å². The summed E-state index contributed by atoms with van der Waals surface area (Å²) >= 11 is 0. The third-order valence-corrected chi connectivity index (χ3v) is 7.41. The molecule has 1 unspecified atom stereocenters. The van der Waals surface area contributed by atoms with Gasteiger partial charge in [0.25, 0.3) is 5.91 Å². The highest BCUT2D eigenvalue weighted by Gasteiger charge is 2.35. The van der Waals surface area contributed by atoms with Crippen molar-refractivity contribution in [2.24, 2.45) is 0 Å². The summed E-state index contributed by atoms with van der Waals surface area (Å²) in [6.07, 6.45) is 8.54. The number of fused-ring (bicyclic) bond motifs is 2. The summed E-state index contributed by atoms with van der Waals surface area (Å²) < 4.78 is 17.0. The Hall–Kier alpha value is -4.33. The highest BCUT2D eigenvalue weighted by atomic mass is 16.6. The molecule has 2 aromatic heterocycles. The summed E-state index contributed by atoms with van der Waals surface area (Å²) in [5.41, 5.74) is 1.94. The number of pyridine rings is 1. The molecule has 1 atom stereocenters. The lowest BCUT2D eigenvalue weighted by Gasteiger charge is -2.33. The molecule has 1 saturated carbocycles. The Morgan fingerprint density at radius 2 is 1.79 bits per heavy atom. The van der Waals surface area contributed by atoms with Gasteiger partial charge < -0.3 is 24.1 Å². The van der Waals surface area contributed by atoms with E-state index in [-0.39, 0.29) is 24.4 Å². The van der Waals surface area contributed by atoms with Crippen molar-refractivity contribution < 1.29 is 23.5 Å². The summed E-state index contributed by atoms with van der Waals surface area (Å²) in [6.45, 7) is 0.998. The number of benzene rings is 2. The van der Waals surface area contributed by atoms with Crippen LogP contribution in [-0.2, 0) is 11.3 Å². The zero-order valence-corrected chi connectivity index (χ0v) is 21.7. The smallest absolute Gasteiger partial charge is 0.255 e. The van der Waals surface area contributed by atoms with E-state index in [0.717, 1.165) is 36.6 Å². The Bertz CT molecular complexity index is 1460. The molecule has 2 aromatic carbocycles. The molecule has 3 heterocycles. The number of nitrogens with zero attached hydrogens (tertiary/aromatic N) is 2. The van der Waals surface area contributed by atoms with E-state index in [1.54, 1.807) is 41.6 Å². The second-order valence-corrected chi connectivity index (χ2v) is 10.1. The maximum atomic E-state index is 14.2. The molecule has 1 aliphatic carbocycles. The Balaban J connectivity index is 1.42. The number of hydrogen-bond donors (Lipinski definition) is 1. The van der Waals surface area contributed by atoms with Gasteiger partial charge in [0, 0.05) is 23.2 Å². The van der Waals surface area contributed by atoms with Crippen molar-refractivity contribution in [2.75, 3.05) is 13.2 Å². The molecule has 8 nitrogen and oxygen atoms in total. The molecule has 4 aromatic rings. The average Bonchev–Trinajstić information content (AvgIpc) is 3.50. The molecular weight excluding hydrogens is 494 g/mol. The first-order valence-electron chi connectivity index (χ1n) is 13.5. The molecule has 1 fully saturated rings. The fourth-order valence-corrected chi connectivity index (χ4v) is 5.46. The quantitative estimate of drug-likeness (QED) is 0.346. The molecule has 6 rings (SSSR count). The van der Waals surface area contributed by atoms with Crippen molar-refractivity contribution in [2.45, 2.75) is 50.7 Å². The van der Waals surface area contributed by atoms with Crippen LogP contribution in [0.4, 0.5) is 0 Å². The van der Waals surface area contributed by atoms with Gasteiger partial charge >= 0.3 is 0 Å². The molecule has 39 heavy (non-hydrogen) atoms. The third-order valence-electron chi connectivity index (χ3n) is 7.41. The predicted molar refractivity (Wildman–Crippen MR) is 146 cm³/mol. The standard InChI is InChI=1S/C31H31N3O5/c35-30(33-24-7-2-1-3-8-24)29(22-10-12-26-21(18-22)6-4-14-32-26)34(20-25-9-5-15-37-25)31(36)23-11-13-27-28(19-23)39-17-16-38-27/h4-6,9-15,18-19,24,29H,1-3,7-8,16-17,20H2,(H,33,35). The van der Waals surface area contributed by atoms with Gasteiger partial charge in [0.1, 0.15) is 25.0 Å². The van der Waals surface area contributed by atoms with Crippen LogP contribution in [-0.4, -0.2) is 41.0 Å². The Morgan fingerprint density at radius 3 is 2.62 bits per heavy atom. The van der Waals surface area contributed by atoms with Crippen LogP contribution in [0.15, 0.2) is 77.5 Å². The molecule has 1 aliphatic heterocycles. The molecule has 8 heteroatoms. The maximum absolute atomic E-state index is 14.2. The van der Waals surface area contributed by atoms with E-state index < -0.39 is 6.04 Å². The summed E-state index contributed by atoms with van der Waals surface area (Å²) in [5, 5.41) is 4.16. The van der Waals surface area contributed by atoms with E-state index >= 15 is 0 Å². The minimum atomic E-state index is -0.887. The predicted octanol–water partition coefficient (Wildman–Crippen LogP) is 5.43. The normalized spacial score (nSPS) is 16.0. The van der Waals surface area contributed by atoms with Gasteiger partial charge in [0.2, 0.25) is 5.91 Å². The summed E-state index contributed by atoms with van der Waals surface area (Å²) in [4.78, 5) is 34.3. The Morgan fingerprint density at radius 1 is 0.949 bits per heavy atom. The first-order valence-corrected chi connectivity index (χ1v) is 13.5. The fraction of sp³-hybridized carbons (Fsp3) is 0.323. The van der Waals surface area contributed by atoms with E-state index in [9.17, 15) is 9.59 Å². The van der Waals surface area contributed by atoms with E-state index in [0.29, 0.717) is 41.6 Å². The van der Waals surface area contributed by atoms with Crippen molar-refractivity contribution in [1.82, 2.24) is 15.2 Å². The van der Waals surface area contributed by atoms with E-state index in [4.69, 9.17) is 13.9 Å². The lowest BCUT2D eigenvalue weighted by Crippen LogP contribution is -2.46. The monoisotopic (exact) mass is 525 g/mol. The minimum absolute atomic E-state index is 0.0886. The Labute approximate surface area is 226 Å². The SMILES string of the molecule is O=C(NC1CCCCC1)C(c1ccc2ncccc2c1)N(Cc1ccco1)C(=O)c1ccc2c(c1)OCCO2. The van der Waals surface area contributed by atoms with Gasteiger partial charge in [0.05, 0.1) is 18.3 Å². The number of carbonyl (C=O) groups is 2. The number of nitrogens with one attached hydrogen (secondary N) is 1. The van der Waals surface area contributed by atoms with Gasteiger partial charge in [-0.15, -0.1) is 0 Å². The van der Waals surface area contributed by atoms with Gasteiger partial charge in [0.15, 0.2) is 11.5 Å². The van der Waals surface area contributed by atoms with Crippen LogP contribution < -0.4 is 14.8 Å². The third kappa shape index (κ3) is 5.46. The highest BCUT2D eigenvalue weighted by Crippen LogP contribution is 2.34. The molecule has 1 N–H and O–H groups in total. The van der Waals surface area contributed by atoms with Crippen LogP contribution >= 0.6 is 0 Å². The van der Waals surface area contributed by atoms with Gasteiger partial charge in [-0.25, -0.2) is 0 Å². The number of carbonyl (C=O) groups excluding carboxylic acids is 2. The maximum Gasteiger partial charge on any atom is 0.255 e. The van der Waals surface area contributed by atoms with Crippen LogP contribution in [0.1, 0.15) is 59.8 Å². The summed E-state index contributed by atoms with van der Waals surface area (Å²) in [5.74, 6) is 1.19. The topological polar surface area (TPSA) is 93.9 Å². The number of aromatic nitrogens is 1. The van der Waals surface area contributed by atoms with Crippen LogP contribution in [0.25, 0.3) is 10.9 Å². The highest BCUT2D eigenvalue weighted by molar-refractivity contribution is 5.99. The molecular formula is C31H31N3O5. The number of rotatable bonds is 7. The van der Waals surface area contributed by atoms with Gasteiger partial charge in [-0.2, -0.15) is 0 Å². The van der Waals surface area contributed by atoms with Crippen LogP contribution in [0.5, 0.6) is 11.5 Å². The second kappa shape index (κ2) is 11.2. The van der Waals surface area contributed by atoms with Gasteiger partial charge in [-0.3, -0.25) is 14.6 Å². The van der Waals surface area contributed by atoms with Gasteiger partial charge in [-0.1, -0.05) is 31.4 Å². The summed E-state index contributed by atoms with van der Waals surface area (Å²) in [6, 6.07) is 17.5. The number of furan rings is 1. The number of amides is 2. The average molecular weight is 526 g/mol. The molecule has 200 valence electrons. The minimum Gasteiger partial charge on any atom is -0.486 e. The summed E-state index contributed by atoms with van der Waals surface area (Å²) in [7, 11) is 0. The molecule has 2 aliphatic rings. The van der Waals surface area contributed by atoms with Crippen molar-refractivity contribution in [3.63, 3.8) is 0 Å². The second-order valence-electron chi connectivity index (χ2n) is 10.1. The molecule has 2 amide bonds. The van der Waals surface area contributed by atoms with Crippen molar-refractivity contribution in [1.29, 1.82) is 0 Å². The van der Waals surface area contributed by atoms with E-state index in [1.165, 1.54) is 6.42 Å². The van der Waals surface area contributed by atoms with Gasteiger partial charge in [-0.05, 0) is 66.9 Å². The number of hydrogen-bond acceptors (Lipinski definition) is 6. The van der Waals surface area contributed by atoms with Crippen molar-refractivity contribution in [3.8, 4) is 11.5 Å². The zero-order chi connectivity index (χ0) is 26.6. The van der Waals surface area contributed by atoms with E-state index in [2.05, 4.69) is 10.3 Å². The lowest BCUT2D eigenvalue weighted by molar-refractivity contribution is -0.127. The van der Waals surface area contributed by atoms with E-state index in [1.807, 2.05) is 36.4 Å². The first-order chi connectivity index (χ1) is 19.2. The van der Waals surface area contributed by atoms with Crippen molar-refractivity contribution >= 4 is 22.7 Å². The number of ether oxygens (including phenoxy) is 2.